The Morgan fingerprint density at radius 1 is 0.857 bits per heavy atom. The molecule has 0 fully saturated rings. The van der Waals surface area contributed by atoms with E-state index in [-0.39, 0.29) is 16.5 Å². The second-order valence-corrected chi connectivity index (χ2v) is 4.34. The number of hydrogen-bond donors (Lipinski definition) is 0. The van der Waals surface area contributed by atoms with Gasteiger partial charge in [-0.3, -0.25) is 4.98 Å². The van der Waals surface area contributed by atoms with E-state index in [0.29, 0.717) is 16.6 Å². The molecule has 0 aliphatic carbocycles. The summed E-state index contributed by atoms with van der Waals surface area (Å²) in [5.74, 6) is 0. The van der Waals surface area contributed by atoms with Gasteiger partial charge in [-0.25, -0.2) is 0 Å². The van der Waals surface area contributed by atoms with E-state index in [1.165, 1.54) is 0 Å². The molecule has 0 aromatic carbocycles. The van der Waals surface area contributed by atoms with Crippen LogP contribution in [0.15, 0.2) is 0 Å². The summed E-state index contributed by atoms with van der Waals surface area (Å²) in [6.45, 7) is 5.96. The number of nitrogens with zero attached hydrogens (tertiary/aromatic N) is 1. The second kappa shape index (κ2) is 3.52. The first-order valence-corrected chi connectivity index (χ1v) is 4.35. The van der Waals surface area contributed by atoms with Gasteiger partial charge in [-0.1, -0.05) is 31.7 Å². The molecule has 0 spiro atoms. The van der Waals surface area contributed by atoms with Crippen molar-refractivity contribution in [1.82, 2.24) is 4.98 Å². The minimum Gasteiger partial charge on any atom is -0.270 e. The molecule has 0 atom stereocenters. The van der Waals surface area contributed by atoms with Crippen molar-refractivity contribution in [3.8, 4) is 0 Å². The van der Waals surface area contributed by atoms with E-state index in [0.717, 1.165) is 0 Å². The first kappa shape index (κ1) is 11.5. The molecular formula is C9H9B4N. The summed E-state index contributed by atoms with van der Waals surface area (Å²) < 4.78 is 0. The first-order chi connectivity index (χ1) is 6.25. The van der Waals surface area contributed by atoms with Gasteiger partial charge < -0.3 is 0 Å². The number of pyridine rings is 1. The van der Waals surface area contributed by atoms with E-state index < -0.39 is 0 Å². The van der Waals surface area contributed by atoms with Gasteiger partial charge in [0.2, 0.25) is 0 Å². The molecule has 0 bridgehead atoms. The standard InChI is InChI=1S/C9H9B4N/c1-9(2,3)7-5(11)4(10)6(12)8(13)14-7/h1-3H3. The van der Waals surface area contributed by atoms with Crippen LogP contribution in [0.25, 0.3) is 0 Å². The predicted molar refractivity (Wildman–Crippen MR) is 64.5 cm³/mol. The highest BCUT2D eigenvalue weighted by atomic mass is 14.7. The first-order valence-electron chi connectivity index (χ1n) is 4.35. The SMILES string of the molecule is [B]c1nc(C(C)(C)C)c([B])c([B])c1[B]. The molecule has 0 aliphatic rings. The van der Waals surface area contributed by atoms with Gasteiger partial charge in [0.15, 0.2) is 0 Å². The predicted octanol–water partition coefficient (Wildman–Crippen LogP) is -2.45. The summed E-state index contributed by atoms with van der Waals surface area (Å²) in [6, 6.07) is 0. The van der Waals surface area contributed by atoms with Crippen molar-refractivity contribution in [2.24, 2.45) is 0 Å². The molecule has 1 heterocycles. The monoisotopic (exact) mass is 175 g/mol. The fraction of sp³-hybridized carbons (Fsp3) is 0.444. The smallest absolute Gasteiger partial charge is 0.140 e. The Balaban J connectivity index is 3.49. The van der Waals surface area contributed by atoms with Gasteiger partial charge in [0.1, 0.15) is 31.4 Å². The molecule has 1 nitrogen and oxygen atoms in total. The van der Waals surface area contributed by atoms with Crippen molar-refractivity contribution in [2.75, 3.05) is 0 Å². The Bertz CT molecular complexity index is 368. The van der Waals surface area contributed by atoms with Gasteiger partial charge in [0, 0.05) is 11.1 Å². The Morgan fingerprint density at radius 3 is 1.79 bits per heavy atom. The summed E-state index contributed by atoms with van der Waals surface area (Å²) >= 11 is 0. The van der Waals surface area contributed by atoms with Crippen LogP contribution in [-0.2, 0) is 5.41 Å². The molecule has 8 radical (unpaired) electrons. The van der Waals surface area contributed by atoms with Gasteiger partial charge in [-0.05, 0) is 5.59 Å². The lowest BCUT2D eigenvalue weighted by Gasteiger charge is -2.24. The maximum absolute atomic E-state index is 5.82. The molecule has 5 heteroatoms. The average Bonchev–Trinajstić information content (AvgIpc) is 2.06. The lowest BCUT2D eigenvalue weighted by molar-refractivity contribution is 0.575. The second-order valence-electron chi connectivity index (χ2n) is 4.34. The summed E-state index contributed by atoms with van der Waals surface area (Å²) in [6.07, 6.45) is 0. The van der Waals surface area contributed by atoms with Crippen molar-refractivity contribution in [3.05, 3.63) is 5.69 Å². The van der Waals surface area contributed by atoms with E-state index in [2.05, 4.69) is 4.98 Å². The summed E-state index contributed by atoms with van der Waals surface area (Å²) in [7, 11) is 22.7. The molecular weight excluding hydrogens is 165 g/mol. The van der Waals surface area contributed by atoms with Gasteiger partial charge >= 0.3 is 0 Å². The Labute approximate surface area is 90.7 Å². The minimum absolute atomic E-state index is 0.194. The van der Waals surface area contributed by atoms with Crippen LogP contribution in [0.5, 0.6) is 0 Å². The maximum Gasteiger partial charge on any atom is 0.140 e. The zero-order chi connectivity index (χ0) is 11.1. The highest BCUT2D eigenvalue weighted by Crippen LogP contribution is 2.15. The van der Waals surface area contributed by atoms with Gasteiger partial charge in [-0.15, -0.1) is 5.46 Å². The van der Waals surface area contributed by atoms with E-state index in [9.17, 15) is 0 Å². The summed E-state index contributed by atoms with van der Waals surface area (Å²) in [4.78, 5) is 4.15. The normalized spacial score (nSPS) is 11.6. The highest BCUT2D eigenvalue weighted by molar-refractivity contribution is 6.62. The molecule has 0 unspecified atom stereocenters. The number of hydrogen-bond acceptors (Lipinski definition) is 1. The molecule has 1 rings (SSSR count). The average molecular weight is 174 g/mol. The summed E-state index contributed by atoms with van der Waals surface area (Å²) in [5.41, 5.74) is 1.73. The molecule has 0 saturated carbocycles. The van der Waals surface area contributed by atoms with Crippen LogP contribution in [0.1, 0.15) is 26.5 Å². The quantitative estimate of drug-likeness (QED) is 0.398. The van der Waals surface area contributed by atoms with Crippen LogP contribution in [0.4, 0.5) is 0 Å². The summed E-state index contributed by atoms with van der Waals surface area (Å²) in [5, 5.41) is 0. The van der Waals surface area contributed by atoms with E-state index in [4.69, 9.17) is 31.4 Å². The van der Waals surface area contributed by atoms with Crippen molar-refractivity contribution in [1.29, 1.82) is 0 Å². The molecule has 1 aromatic rings. The van der Waals surface area contributed by atoms with Crippen LogP contribution in [-0.4, -0.2) is 36.4 Å². The zero-order valence-electron chi connectivity index (χ0n) is 8.76. The van der Waals surface area contributed by atoms with Crippen LogP contribution in [0.2, 0.25) is 0 Å². The van der Waals surface area contributed by atoms with Crippen molar-refractivity contribution >= 4 is 53.4 Å². The van der Waals surface area contributed by atoms with Crippen molar-refractivity contribution in [2.45, 2.75) is 26.2 Å². The third-order valence-corrected chi connectivity index (χ3v) is 2.05. The minimum atomic E-state index is -0.194. The van der Waals surface area contributed by atoms with Crippen molar-refractivity contribution in [3.63, 3.8) is 0 Å². The van der Waals surface area contributed by atoms with Crippen LogP contribution in [0.3, 0.4) is 0 Å². The van der Waals surface area contributed by atoms with E-state index >= 15 is 0 Å². The topological polar surface area (TPSA) is 12.9 Å². The third kappa shape index (κ3) is 1.91. The van der Waals surface area contributed by atoms with Gasteiger partial charge in [-0.2, -0.15) is 0 Å². The lowest BCUT2D eigenvalue weighted by atomic mass is 9.66. The fourth-order valence-corrected chi connectivity index (χ4v) is 1.22. The van der Waals surface area contributed by atoms with Gasteiger partial charge in [0.05, 0.1) is 0 Å². The molecule has 0 aliphatic heterocycles. The maximum atomic E-state index is 5.82. The third-order valence-electron chi connectivity index (χ3n) is 2.05. The molecule has 0 N–H and O–H groups in total. The van der Waals surface area contributed by atoms with Gasteiger partial charge in [0.25, 0.3) is 0 Å². The highest BCUT2D eigenvalue weighted by Gasteiger charge is 2.19. The Morgan fingerprint density at radius 2 is 1.36 bits per heavy atom. The largest absolute Gasteiger partial charge is 0.270 e. The number of rotatable bonds is 0. The fourth-order valence-electron chi connectivity index (χ4n) is 1.22. The Kier molecular flexibility index (Phi) is 2.89. The Hall–Kier alpha value is -0.590. The number of aromatic nitrogens is 1. The van der Waals surface area contributed by atoms with E-state index in [1.54, 1.807) is 0 Å². The zero-order valence-corrected chi connectivity index (χ0v) is 8.76. The molecule has 14 heavy (non-hydrogen) atoms. The molecule has 1 aromatic heterocycles. The lowest BCUT2D eigenvalue weighted by Crippen LogP contribution is -2.52. The van der Waals surface area contributed by atoms with E-state index in [1.807, 2.05) is 20.8 Å². The van der Waals surface area contributed by atoms with Crippen LogP contribution >= 0.6 is 0 Å². The van der Waals surface area contributed by atoms with Crippen LogP contribution < -0.4 is 22.0 Å². The molecule has 0 saturated heterocycles. The van der Waals surface area contributed by atoms with Crippen LogP contribution in [0, 0.1) is 0 Å². The molecule has 62 valence electrons. The molecule has 0 amide bonds. The van der Waals surface area contributed by atoms with Crippen molar-refractivity contribution < 1.29 is 0 Å².